The van der Waals surface area contributed by atoms with E-state index in [2.05, 4.69) is 30.3 Å². The summed E-state index contributed by atoms with van der Waals surface area (Å²) in [5, 5.41) is 14.7. The van der Waals surface area contributed by atoms with Gasteiger partial charge in [0.15, 0.2) is 11.5 Å². The van der Waals surface area contributed by atoms with E-state index in [1.165, 1.54) is 5.39 Å². The monoisotopic (exact) mass is 300 g/mol. The SMILES string of the molecule is COc1c(-c2cccc3ccccc23)cc2ccccc2c1O. The van der Waals surface area contributed by atoms with Gasteiger partial charge in [0.2, 0.25) is 0 Å². The Morgan fingerprint density at radius 1 is 0.696 bits per heavy atom. The van der Waals surface area contributed by atoms with Gasteiger partial charge in [-0.15, -0.1) is 0 Å². The van der Waals surface area contributed by atoms with Gasteiger partial charge in [0, 0.05) is 10.9 Å². The molecule has 2 heteroatoms. The number of benzene rings is 4. The summed E-state index contributed by atoms with van der Waals surface area (Å²) in [6, 6.07) is 24.3. The average molecular weight is 300 g/mol. The van der Waals surface area contributed by atoms with Gasteiger partial charge in [0.25, 0.3) is 0 Å². The van der Waals surface area contributed by atoms with E-state index >= 15 is 0 Å². The molecular weight excluding hydrogens is 284 g/mol. The molecule has 0 bridgehead atoms. The van der Waals surface area contributed by atoms with E-state index in [0.717, 1.165) is 27.3 Å². The maximum atomic E-state index is 10.6. The first-order valence-corrected chi connectivity index (χ1v) is 7.56. The minimum Gasteiger partial charge on any atom is -0.504 e. The normalized spacial score (nSPS) is 11.0. The highest BCUT2D eigenvalue weighted by Gasteiger charge is 2.16. The molecule has 0 spiro atoms. The Morgan fingerprint density at radius 2 is 1.35 bits per heavy atom. The van der Waals surface area contributed by atoms with Crippen LogP contribution in [0, 0.1) is 0 Å². The van der Waals surface area contributed by atoms with Crippen LogP contribution in [-0.2, 0) is 0 Å². The van der Waals surface area contributed by atoms with Crippen LogP contribution in [0.1, 0.15) is 0 Å². The molecule has 4 aromatic carbocycles. The van der Waals surface area contributed by atoms with Crippen LogP contribution in [0.15, 0.2) is 72.8 Å². The van der Waals surface area contributed by atoms with Crippen molar-refractivity contribution in [1.29, 1.82) is 0 Å². The summed E-state index contributed by atoms with van der Waals surface area (Å²) in [5.41, 5.74) is 1.96. The van der Waals surface area contributed by atoms with E-state index in [9.17, 15) is 5.11 Å². The van der Waals surface area contributed by atoms with Crippen LogP contribution >= 0.6 is 0 Å². The van der Waals surface area contributed by atoms with E-state index in [1.807, 2.05) is 42.5 Å². The van der Waals surface area contributed by atoms with Gasteiger partial charge in [-0.2, -0.15) is 0 Å². The van der Waals surface area contributed by atoms with Gasteiger partial charge < -0.3 is 9.84 Å². The molecule has 0 atom stereocenters. The Bertz CT molecular complexity index is 1010. The molecule has 0 aliphatic carbocycles. The zero-order chi connectivity index (χ0) is 15.8. The standard InChI is InChI=1S/C21H16O2/c1-23-21-19(13-15-8-3-5-11-17(15)20(21)22)18-12-6-9-14-7-2-4-10-16(14)18/h2-13,22H,1H3. The molecule has 4 rings (SSSR count). The molecule has 0 saturated carbocycles. The first-order chi connectivity index (χ1) is 11.3. The lowest BCUT2D eigenvalue weighted by molar-refractivity contribution is 0.378. The number of phenolic OH excluding ortho intramolecular Hbond substituents is 1. The number of hydrogen-bond acceptors (Lipinski definition) is 2. The van der Waals surface area contributed by atoms with Gasteiger partial charge in [0.1, 0.15) is 0 Å². The van der Waals surface area contributed by atoms with Crippen LogP contribution in [-0.4, -0.2) is 12.2 Å². The van der Waals surface area contributed by atoms with Crippen molar-refractivity contribution < 1.29 is 9.84 Å². The molecule has 0 aliphatic rings. The highest BCUT2D eigenvalue weighted by Crippen LogP contribution is 2.44. The first-order valence-electron chi connectivity index (χ1n) is 7.56. The van der Waals surface area contributed by atoms with E-state index in [-0.39, 0.29) is 5.75 Å². The fourth-order valence-electron chi connectivity index (χ4n) is 3.18. The van der Waals surface area contributed by atoms with Crippen molar-refractivity contribution in [2.24, 2.45) is 0 Å². The Kier molecular flexibility index (Phi) is 3.16. The fourth-order valence-corrected chi connectivity index (χ4v) is 3.18. The molecule has 0 saturated heterocycles. The largest absolute Gasteiger partial charge is 0.504 e. The number of aromatic hydroxyl groups is 1. The van der Waals surface area contributed by atoms with Gasteiger partial charge in [-0.25, -0.2) is 0 Å². The lowest BCUT2D eigenvalue weighted by atomic mass is 9.95. The van der Waals surface area contributed by atoms with Crippen molar-refractivity contribution >= 4 is 21.5 Å². The molecule has 4 aromatic rings. The third kappa shape index (κ3) is 2.11. The Morgan fingerprint density at radius 3 is 2.13 bits per heavy atom. The molecule has 0 fully saturated rings. The average Bonchev–Trinajstić information content (AvgIpc) is 2.61. The predicted molar refractivity (Wildman–Crippen MR) is 95.1 cm³/mol. The van der Waals surface area contributed by atoms with Crippen molar-refractivity contribution in [2.75, 3.05) is 7.11 Å². The smallest absolute Gasteiger partial charge is 0.168 e. The number of phenols is 1. The van der Waals surface area contributed by atoms with Crippen LogP contribution < -0.4 is 4.74 Å². The lowest BCUT2D eigenvalue weighted by Crippen LogP contribution is -1.91. The third-order valence-corrected chi connectivity index (χ3v) is 4.26. The second kappa shape index (κ2) is 5.33. The zero-order valence-corrected chi connectivity index (χ0v) is 12.8. The zero-order valence-electron chi connectivity index (χ0n) is 12.8. The summed E-state index contributed by atoms with van der Waals surface area (Å²) in [5.74, 6) is 0.702. The molecule has 0 unspecified atom stereocenters. The highest BCUT2D eigenvalue weighted by molar-refractivity contribution is 6.03. The van der Waals surface area contributed by atoms with Gasteiger partial charge in [-0.3, -0.25) is 0 Å². The van der Waals surface area contributed by atoms with Crippen molar-refractivity contribution in [3.63, 3.8) is 0 Å². The topological polar surface area (TPSA) is 29.5 Å². The summed E-state index contributed by atoms with van der Waals surface area (Å²) in [4.78, 5) is 0. The van der Waals surface area contributed by atoms with E-state index in [1.54, 1.807) is 7.11 Å². The second-order valence-electron chi connectivity index (χ2n) is 5.55. The van der Waals surface area contributed by atoms with Crippen LogP contribution in [0.5, 0.6) is 11.5 Å². The summed E-state index contributed by atoms with van der Waals surface area (Å²) in [6.45, 7) is 0. The summed E-state index contributed by atoms with van der Waals surface area (Å²) in [7, 11) is 1.60. The van der Waals surface area contributed by atoms with Crippen LogP contribution in [0.2, 0.25) is 0 Å². The van der Waals surface area contributed by atoms with Crippen LogP contribution in [0.25, 0.3) is 32.7 Å². The van der Waals surface area contributed by atoms with E-state index in [0.29, 0.717) is 5.75 Å². The molecule has 0 radical (unpaired) electrons. The van der Waals surface area contributed by atoms with Gasteiger partial charge in [0.05, 0.1) is 7.11 Å². The van der Waals surface area contributed by atoms with E-state index in [4.69, 9.17) is 4.74 Å². The summed E-state index contributed by atoms with van der Waals surface area (Å²) < 4.78 is 5.54. The number of hydrogen-bond donors (Lipinski definition) is 1. The quantitative estimate of drug-likeness (QED) is 0.539. The number of ether oxygens (including phenoxy) is 1. The van der Waals surface area contributed by atoms with Crippen molar-refractivity contribution in [2.45, 2.75) is 0 Å². The molecule has 1 N–H and O–H groups in total. The summed E-state index contributed by atoms with van der Waals surface area (Å²) in [6.07, 6.45) is 0. The molecule has 23 heavy (non-hydrogen) atoms. The Balaban J connectivity index is 2.12. The Hall–Kier alpha value is -3.00. The minimum atomic E-state index is 0.188. The second-order valence-corrected chi connectivity index (χ2v) is 5.55. The molecule has 0 amide bonds. The van der Waals surface area contributed by atoms with Crippen molar-refractivity contribution in [1.82, 2.24) is 0 Å². The molecular formula is C21H16O2. The predicted octanol–water partition coefficient (Wildman–Crippen LogP) is 5.37. The lowest BCUT2D eigenvalue weighted by Gasteiger charge is -2.15. The molecule has 0 aliphatic heterocycles. The number of rotatable bonds is 2. The van der Waals surface area contributed by atoms with Crippen LogP contribution in [0.3, 0.4) is 0 Å². The van der Waals surface area contributed by atoms with Gasteiger partial charge >= 0.3 is 0 Å². The summed E-state index contributed by atoms with van der Waals surface area (Å²) >= 11 is 0. The maximum absolute atomic E-state index is 10.6. The molecule has 0 heterocycles. The van der Waals surface area contributed by atoms with Crippen LogP contribution in [0.4, 0.5) is 0 Å². The highest BCUT2D eigenvalue weighted by atomic mass is 16.5. The molecule has 2 nitrogen and oxygen atoms in total. The maximum Gasteiger partial charge on any atom is 0.168 e. The molecule has 112 valence electrons. The third-order valence-electron chi connectivity index (χ3n) is 4.26. The number of methoxy groups -OCH3 is 1. The molecule has 0 aromatic heterocycles. The number of fused-ring (bicyclic) bond motifs is 2. The first kappa shape index (κ1) is 13.6. The van der Waals surface area contributed by atoms with Gasteiger partial charge in [-0.1, -0.05) is 66.7 Å². The van der Waals surface area contributed by atoms with Crippen molar-refractivity contribution in [3.8, 4) is 22.6 Å². The Labute approximate surface area is 134 Å². The minimum absolute atomic E-state index is 0.188. The fraction of sp³-hybridized carbons (Fsp3) is 0.0476. The van der Waals surface area contributed by atoms with Gasteiger partial charge in [-0.05, 0) is 27.8 Å². The van der Waals surface area contributed by atoms with E-state index < -0.39 is 0 Å². The van der Waals surface area contributed by atoms with Crippen molar-refractivity contribution in [3.05, 3.63) is 72.8 Å².